The Morgan fingerprint density at radius 3 is 0.874 bits per heavy atom. The van der Waals surface area contributed by atoms with Crippen LogP contribution in [0, 0.1) is 20.8 Å². The number of aromatic nitrogens is 8. The molecule has 8 aromatic rings. The van der Waals surface area contributed by atoms with Gasteiger partial charge in [0.25, 0.3) is 0 Å². The second-order valence-electron chi connectivity index (χ2n) is 35.1. The fourth-order valence-electron chi connectivity index (χ4n) is 15.5. The van der Waals surface area contributed by atoms with Crippen LogP contribution in [0.1, 0.15) is 276 Å². The Labute approximate surface area is 651 Å². The summed E-state index contributed by atoms with van der Waals surface area (Å²) in [7, 11) is 0. The minimum absolute atomic E-state index is 0. The van der Waals surface area contributed by atoms with Crippen LogP contribution in [-0.2, 0) is 43.3 Å². The number of carboxylic acid groups (broad SMARTS) is 3. The quantitative estimate of drug-likeness (QED) is 0.0811. The summed E-state index contributed by atoms with van der Waals surface area (Å²) in [6, 6.07) is 20.7. The molecule has 0 radical (unpaired) electrons. The third-order valence-electron chi connectivity index (χ3n) is 22.9. The number of carboxylic acids is 3. The fourth-order valence-corrected chi connectivity index (χ4v) is 15.5. The number of benzene rings is 4. The van der Waals surface area contributed by atoms with Crippen LogP contribution in [0.3, 0.4) is 0 Å². The van der Waals surface area contributed by atoms with Crippen LogP contribution in [-0.4, -0.2) is 112 Å². The van der Waals surface area contributed by atoms with Crippen molar-refractivity contribution in [3.8, 4) is 0 Å². The second kappa shape index (κ2) is 32.2. The Morgan fingerprint density at radius 2 is 0.577 bits per heavy atom. The van der Waals surface area contributed by atoms with E-state index in [1.165, 1.54) is 83.4 Å². The van der Waals surface area contributed by atoms with Crippen LogP contribution in [0.2, 0.25) is 0 Å². The number of hydrogen-bond donors (Lipinski definition) is 3. The highest BCUT2D eigenvalue weighted by molar-refractivity contribution is 5.88. The van der Waals surface area contributed by atoms with E-state index in [1.54, 1.807) is 19.9 Å². The average Bonchev–Trinajstić information content (AvgIpc) is 0.753. The van der Waals surface area contributed by atoms with Gasteiger partial charge in [-0.15, -0.1) is 0 Å². The number of halogens is 6. The van der Waals surface area contributed by atoms with Gasteiger partial charge in [0.05, 0.1) is 16.7 Å². The summed E-state index contributed by atoms with van der Waals surface area (Å²) in [6.07, 6.45) is 10.4. The van der Waals surface area contributed by atoms with Crippen molar-refractivity contribution < 1.29 is 56.0 Å². The molecule has 0 amide bonds. The van der Waals surface area contributed by atoms with Crippen molar-refractivity contribution in [3.63, 3.8) is 0 Å². The van der Waals surface area contributed by atoms with E-state index < -0.39 is 43.4 Å². The molecule has 0 saturated heterocycles. The molecule has 598 valence electrons. The van der Waals surface area contributed by atoms with Crippen molar-refractivity contribution in [2.24, 2.45) is 0 Å². The van der Waals surface area contributed by atoms with E-state index in [-0.39, 0.29) is 79.3 Å². The number of carbonyl (C=O) groups is 3. The Morgan fingerprint density at radius 1 is 0.342 bits per heavy atom. The Kier molecular flexibility index (Phi) is 25.3. The Balaban J connectivity index is 0.000000186. The summed E-state index contributed by atoms with van der Waals surface area (Å²) in [6.45, 7) is 44.5. The highest BCUT2D eigenvalue weighted by Gasteiger charge is 2.44. The molecule has 111 heavy (non-hydrogen) atoms. The van der Waals surface area contributed by atoms with Gasteiger partial charge in [0.15, 0.2) is 0 Å². The van der Waals surface area contributed by atoms with E-state index in [0.717, 1.165) is 94.3 Å². The van der Waals surface area contributed by atoms with Gasteiger partial charge in [0.1, 0.15) is 13.1 Å². The lowest BCUT2D eigenvalue weighted by molar-refractivity contribution is -0.119. The first-order chi connectivity index (χ1) is 50.8. The normalized spacial score (nSPS) is 17.4. The number of rotatable bonds is 15. The highest BCUT2D eigenvalue weighted by Crippen LogP contribution is 2.52. The van der Waals surface area contributed by atoms with Crippen LogP contribution in [0.25, 0.3) is 0 Å². The molecule has 0 atom stereocenters. The molecule has 4 aliphatic rings. The molecular weight excluding hydrogens is 1420 g/mol. The van der Waals surface area contributed by atoms with E-state index in [2.05, 4.69) is 200 Å². The first kappa shape index (κ1) is 87.0. The number of nitrogens with zero attached hydrogens (tertiary/aromatic N) is 12. The largest absolute Gasteiger partial charge is 0.478 e. The first-order valence-corrected chi connectivity index (χ1v) is 37.6. The van der Waals surface area contributed by atoms with E-state index in [0.29, 0.717) is 41.9 Å². The summed E-state index contributed by atoms with van der Waals surface area (Å²) >= 11 is 0. The summed E-state index contributed by atoms with van der Waals surface area (Å²) < 4.78 is 80.1. The number of anilines is 8. The average molecular weight is 1540 g/mol. The molecule has 12 rings (SSSR count). The molecule has 24 heteroatoms. The van der Waals surface area contributed by atoms with Gasteiger partial charge in [-0.1, -0.05) is 142 Å². The van der Waals surface area contributed by atoms with E-state index >= 15 is 0 Å². The van der Waals surface area contributed by atoms with Gasteiger partial charge in [-0.05, 0) is 227 Å². The van der Waals surface area contributed by atoms with Gasteiger partial charge in [-0.25, -0.2) is 54.3 Å². The van der Waals surface area contributed by atoms with E-state index in [9.17, 15) is 40.7 Å². The Bertz CT molecular complexity index is 4670. The molecule has 4 aromatic carbocycles. The van der Waals surface area contributed by atoms with Gasteiger partial charge in [-0.2, -0.15) is 26.3 Å². The standard InChI is InChI=1S/C22H26F3N3O2.C22H29N3O2.C21H26F3N3.C21H27N3O2.CH4/c1-13-8-15-16(21(4,5)7-6-20(15,2)3)9-17(13)28(12-22(23,24)25)19-26-10-14(11-27-19)18(29)30;1-7-25(20-23-12-15(13-24-20)19(26)27)18-11-17-16(10-14(18)2)21(3,4)8-9-22(17,5)6;1-14-11-25-18(26-12-14)27(13-21(22,23)24)15-6-7-16-17(10-15)20(4,5)9-8-19(16,2)3;1-6-24(19-22-12-14(13-23-19)18(25)26)15-7-8-16-17(11-15)21(4,5)10-9-20(16,2)3;/h8-11H,6-7,12H2,1-5H3,(H,29,30);10-13H,7-9H2,1-6H3,(H,26,27);6-7,10-12H,8-9,13H2,1-5H3;7-8,11-13H,6,9-10H2,1-5H3,(H,25,26);1H4. The van der Waals surface area contributed by atoms with E-state index in [4.69, 9.17) is 15.3 Å². The lowest BCUT2D eigenvalue weighted by Gasteiger charge is -2.43. The van der Waals surface area contributed by atoms with Gasteiger partial charge in [0, 0.05) is 85.4 Å². The molecule has 0 bridgehead atoms. The van der Waals surface area contributed by atoms with Gasteiger partial charge >= 0.3 is 30.3 Å². The summed E-state index contributed by atoms with van der Waals surface area (Å²) in [5.41, 5.74) is 16.1. The van der Waals surface area contributed by atoms with E-state index in [1.807, 2.05) is 36.1 Å². The van der Waals surface area contributed by atoms with Crippen molar-refractivity contribution in [2.45, 2.75) is 260 Å². The lowest BCUT2D eigenvalue weighted by Crippen LogP contribution is -2.36. The van der Waals surface area contributed by atoms with Crippen LogP contribution >= 0.6 is 0 Å². The van der Waals surface area contributed by atoms with Crippen molar-refractivity contribution in [3.05, 3.63) is 188 Å². The van der Waals surface area contributed by atoms with Crippen LogP contribution in [0.5, 0.6) is 0 Å². The molecule has 4 heterocycles. The van der Waals surface area contributed by atoms with Crippen molar-refractivity contribution >= 4 is 64.5 Å². The molecule has 4 aliphatic carbocycles. The van der Waals surface area contributed by atoms with Gasteiger partial charge in [-0.3, -0.25) is 0 Å². The highest BCUT2D eigenvalue weighted by atomic mass is 19.4. The molecule has 0 spiro atoms. The third kappa shape index (κ3) is 19.6. The minimum Gasteiger partial charge on any atom is -0.478 e. The maximum atomic E-state index is 13.4. The summed E-state index contributed by atoms with van der Waals surface area (Å²) in [5, 5.41) is 27.1. The second-order valence-corrected chi connectivity index (χ2v) is 35.1. The summed E-state index contributed by atoms with van der Waals surface area (Å²) in [4.78, 5) is 72.6. The first-order valence-electron chi connectivity index (χ1n) is 37.6. The zero-order chi connectivity index (χ0) is 81.6. The van der Waals surface area contributed by atoms with Crippen LogP contribution in [0.15, 0.2) is 110 Å². The maximum Gasteiger partial charge on any atom is 0.406 e. The number of hydrogen-bond acceptors (Lipinski definition) is 15. The summed E-state index contributed by atoms with van der Waals surface area (Å²) in [5.74, 6) is -2.35. The molecule has 0 aliphatic heterocycles. The Hall–Kier alpha value is -9.61. The molecule has 18 nitrogen and oxygen atoms in total. The van der Waals surface area contributed by atoms with Crippen molar-refractivity contribution in [1.82, 2.24) is 39.9 Å². The molecule has 4 aromatic heterocycles. The predicted molar refractivity (Wildman–Crippen MR) is 428 cm³/mol. The zero-order valence-electron chi connectivity index (χ0n) is 67.6. The zero-order valence-corrected chi connectivity index (χ0v) is 67.6. The lowest BCUT2D eigenvalue weighted by atomic mass is 9.63. The number of aryl methyl sites for hydroxylation is 3. The molecule has 0 unspecified atom stereocenters. The molecule has 0 fully saturated rings. The minimum atomic E-state index is -4.49. The SMILES string of the molecule is C.CCN(c1ccc2c(c1)C(C)(C)CCC2(C)C)c1ncc(C(=O)O)cn1.CCN(c1ncc(C(=O)O)cn1)c1cc2c(cc1C)C(C)(C)CCC2(C)C.Cc1cc2c(cc1N(CC(F)(F)F)c1ncc(C(=O)O)cn1)C(C)(C)CCC2(C)C.Cc1cnc(N(CC(F)(F)F)c2ccc3c(c2)C(C)(C)CCC3(C)C)nc1. The topological polar surface area (TPSA) is 228 Å². The van der Waals surface area contributed by atoms with Crippen molar-refractivity contribution in [1.29, 1.82) is 0 Å². The molecular formula is C87H112F6N12O6. The number of fused-ring (bicyclic) bond motifs is 4. The van der Waals surface area contributed by atoms with Crippen LogP contribution in [0.4, 0.5) is 72.9 Å². The van der Waals surface area contributed by atoms with Gasteiger partial charge < -0.3 is 34.9 Å². The van der Waals surface area contributed by atoms with Crippen molar-refractivity contribution in [2.75, 3.05) is 45.8 Å². The van der Waals surface area contributed by atoms with Crippen LogP contribution < -0.4 is 19.6 Å². The maximum absolute atomic E-state index is 13.4. The third-order valence-corrected chi connectivity index (χ3v) is 22.9. The monoisotopic (exact) mass is 1530 g/mol. The van der Waals surface area contributed by atoms with Gasteiger partial charge in [0.2, 0.25) is 23.8 Å². The number of alkyl halides is 6. The molecule has 0 saturated carbocycles. The molecule has 3 N–H and O–H groups in total. The predicted octanol–water partition coefficient (Wildman–Crippen LogP) is 21.7. The smallest absolute Gasteiger partial charge is 0.406 e. The fraction of sp³-hybridized carbons (Fsp3) is 0.506. The number of aromatic carboxylic acids is 3.